The topological polar surface area (TPSA) is 33.7 Å². The Morgan fingerprint density at radius 1 is 1.24 bits per heavy atom. The first kappa shape index (κ1) is 17.8. The molecule has 1 aromatic carbocycles. The molecule has 1 N–H and O–H groups in total. The van der Waals surface area contributed by atoms with Crippen molar-refractivity contribution in [3.63, 3.8) is 0 Å². The summed E-state index contributed by atoms with van der Waals surface area (Å²) in [6.45, 7) is 7.28. The number of rotatable bonds is 8. The molecule has 0 radical (unpaired) electrons. The molecule has 0 amide bonds. The summed E-state index contributed by atoms with van der Waals surface area (Å²) < 4.78 is 11.0. The second kappa shape index (κ2) is 7.66. The van der Waals surface area contributed by atoms with Gasteiger partial charge in [0.25, 0.3) is 0 Å². The first-order chi connectivity index (χ1) is 9.77. The normalized spacial score (nSPS) is 13.3. The van der Waals surface area contributed by atoms with Crippen LogP contribution in [0.3, 0.4) is 0 Å². The van der Waals surface area contributed by atoms with Crippen molar-refractivity contribution in [1.29, 1.82) is 0 Å². The van der Waals surface area contributed by atoms with Gasteiger partial charge in [0.1, 0.15) is 5.75 Å². The van der Waals surface area contributed by atoms with Gasteiger partial charge >= 0.3 is 0 Å². The number of benzene rings is 1. The molecule has 0 bridgehead atoms. The highest BCUT2D eigenvalue weighted by Gasteiger charge is 2.20. The molecule has 0 aliphatic carbocycles. The van der Waals surface area contributed by atoms with Crippen molar-refractivity contribution in [1.82, 2.24) is 4.90 Å². The number of nitrogens with one attached hydrogen (secondary N) is 1. The summed E-state index contributed by atoms with van der Waals surface area (Å²) in [7, 11) is 7.60. The predicted molar refractivity (Wildman–Crippen MR) is 89.2 cm³/mol. The second-order valence-corrected chi connectivity index (χ2v) is 6.49. The van der Waals surface area contributed by atoms with Crippen molar-refractivity contribution >= 4 is 5.69 Å². The fraction of sp³-hybridized carbons (Fsp3) is 0.647. The fourth-order valence-electron chi connectivity index (χ4n) is 2.47. The van der Waals surface area contributed by atoms with E-state index in [9.17, 15) is 0 Å². The van der Waals surface area contributed by atoms with Crippen LogP contribution in [0.1, 0.15) is 32.8 Å². The van der Waals surface area contributed by atoms with Gasteiger partial charge in [0.2, 0.25) is 0 Å². The van der Waals surface area contributed by atoms with E-state index in [-0.39, 0.29) is 5.60 Å². The average molecular weight is 294 g/mol. The summed E-state index contributed by atoms with van der Waals surface area (Å²) in [6.07, 6.45) is 0.921. The van der Waals surface area contributed by atoms with Gasteiger partial charge in [-0.3, -0.25) is 0 Å². The van der Waals surface area contributed by atoms with Crippen molar-refractivity contribution in [3.05, 3.63) is 23.8 Å². The van der Waals surface area contributed by atoms with Crippen molar-refractivity contribution in [2.75, 3.05) is 33.6 Å². The van der Waals surface area contributed by atoms with Crippen LogP contribution in [0.2, 0.25) is 0 Å². The maximum absolute atomic E-state index is 5.50. The van der Waals surface area contributed by atoms with E-state index in [1.54, 1.807) is 14.2 Å². The maximum atomic E-state index is 5.50. The smallest absolute Gasteiger partial charge is 0.141 e. The van der Waals surface area contributed by atoms with Crippen molar-refractivity contribution in [2.45, 2.75) is 45.4 Å². The summed E-state index contributed by atoms with van der Waals surface area (Å²) in [5, 5.41) is 3.54. The zero-order chi connectivity index (χ0) is 16.0. The van der Waals surface area contributed by atoms with Gasteiger partial charge in [-0.2, -0.15) is 0 Å². The van der Waals surface area contributed by atoms with E-state index in [0.29, 0.717) is 6.04 Å². The van der Waals surface area contributed by atoms with Crippen molar-refractivity contribution in [3.8, 4) is 5.75 Å². The lowest BCUT2D eigenvalue weighted by Gasteiger charge is -2.28. The minimum atomic E-state index is -0.138. The Morgan fingerprint density at radius 3 is 2.43 bits per heavy atom. The molecule has 0 fully saturated rings. The van der Waals surface area contributed by atoms with E-state index in [1.807, 2.05) is 6.07 Å². The largest absolute Gasteiger partial charge is 0.495 e. The Kier molecular flexibility index (Phi) is 6.49. The van der Waals surface area contributed by atoms with Gasteiger partial charge in [0.15, 0.2) is 0 Å². The van der Waals surface area contributed by atoms with E-state index < -0.39 is 0 Å². The van der Waals surface area contributed by atoms with Crippen LogP contribution in [-0.4, -0.2) is 44.9 Å². The van der Waals surface area contributed by atoms with Gasteiger partial charge in [-0.25, -0.2) is 0 Å². The van der Waals surface area contributed by atoms with Crippen LogP contribution in [0, 0.1) is 0 Å². The molecular formula is C17H30N2O2. The zero-order valence-electron chi connectivity index (χ0n) is 14.5. The standard InChI is InChI=1S/C17H30N2O2/c1-13(11-17(2,3)21-7)18-15-10-14(12-19(4)5)8-9-16(15)20-6/h8-10,13,18H,11-12H2,1-7H3. The van der Waals surface area contributed by atoms with Crippen molar-refractivity contribution < 1.29 is 9.47 Å². The number of ether oxygens (including phenoxy) is 2. The van der Waals surface area contributed by atoms with Crippen LogP contribution < -0.4 is 10.1 Å². The molecule has 4 nitrogen and oxygen atoms in total. The molecule has 0 spiro atoms. The second-order valence-electron chi connectivity index (χ2n) is 6.49. The molecule has 1 rings (SSSR count). The minimum Gasteiger partial charge on any atom is -0.495 e. The molecule has 4 heteroatoms. The lowest BCUT2D eigenvalue weighted by atomic mass is 9.99. The molecule has 0 aliphatic rings. The van der Waals surface area contributed by atoms with Gasteiger partial charge in [-0.15, -0.1) is 0 Å². The third kappa shape index (κ3) is 5.94. The van der Waals surface area contributed by atoms with E-state index in [1.165, 1.54) is 5.56 Å². The Morgan fingerprint density at radius 2 is 1.90 bits per heavy atom. The highest BCUT2D eigenvalue weighted by molar-refractivity contribution is 5.58. The quantitative estimate of drug-likeness (QED) is 0.797. The Balaban J connectivity index is 2.84. The molecule has 0 heterocycles. The fourth-order valence-corrected chi connectivity index (χ4v) is 2.47. The molecule has 1 atom stereocenters. The first-order valence-electron chi connectivity index (χ1n) is 7.40. The van der Waals surface area contributed by atoms with Crippen LogP contribution in [0.15, 0.2) is 18.2 Å². The number of nitrogens with zero attached hydrogens (tertiary/aromatic N) is 1. The van der Waals surface area contributed by atoms with Crippen LogP contribution in [0.4, 0.5) is 5.69 Å². The summed E-state index contributed by atoms with van der Waals surface area (Å²) in [5.74, 6) is 0.875. The van der Waals surface area contributed by atoms with Crippen LogP contribution in [0.25, 0.3) is 0 Å². The molecule has 0 saturated heterocycles. The van der Waals surface area contributed by atoms with Crippen LogP contribution in [-0.2, 0) is 11.3 Å². The monoisotopic (exact) mass is 294 g/mol. The number of hydrogen-bond acceptors (Lipinski definition) is 4. The number of anilines is 1. The SMILES string of the molecule is COc1ccc(CN(C)C)cc1NC(C)CC(C)(C)OC. The molecule has 0 aromatic heterocycles. The molecule has 21 heavy (non-hydrogen) atoms. The highest BCUT2D eigenvalue weighted by atomic mass is 16.5. The number of methoxy groups -OCH3 is 2. The molecule has 1 unspecified atom stereocenters. The Bertz CT molecular complexity index is 444. The minimum absolute atomic E-state index is 0.138. The molecule has 1 aromatic rings. The molecule has 0 saturated carbocycles. The lowest BCUT2D eigenvalue weighted by molar-refractivity contribution is 0.0128. The van der Waals surface area contributed by atoms with E-state index >= 15 is 0 Å². The summed E-state index contributed by atoms with van der Waals surface area (Å²) in [4.78, 5) is 2.16. The van der Waals surface area contributed by atoms with Gasteiger partial charge < -0.3 is 19.7 Å². The van der Waals surface area contributed by atoms with Crippen molar-refractivity contribution in [2.24, 2.45) is 0 Å². The van der Waals surface area contributed by atoms with Gasteiger partial charge in [0.05, 0.1) is 18.4 Å². The molecule has 120 valence electrons. The summed E-state index contributed by atoms with van der Waals surface area (Å²) in [6, 6.07) is 6.58. The molecular weight excluding hydrogens is 264 g/mol. The van der Waals surface area contributed by atoms with E-state index in [4.69, 9.17) is 9.47 Å². The third-order valence-electron chi connectivity index (χ3n) is 3.51. The summed E-state index contributed by atoms with van der Waals surface area (Å²) in [5.41, 5.74) is 2.17. The average Bonchev–Trinajstić information content (AvgIpc) is 2.37. The highest BCUT2D eigenvalue weighted by Crippen LogP contribution is 2.28. The lowest BCUT2D eigenvalue weighted by Crippen LogP contribution is -2.31. The van der Waals surface area contributed by atoms with E-state index in [0.717, 1.165) is 24.4 Å². The third-order valence-corrected chi connectivity index (χ3v) is 3.51. The Labute approximate surface area is 129 Å². The van der Waals surface area contributed by atoms with Crippen LogP contribution in [0.5, 0.6) is 5.75 Å². The molecule has 0 aliphatic heterocycles. The predicted octanol–water partition coefficient (Wildman–Crippen LogP) is 3.37. The van der Waals surface area contributed by atoms with E-state index in [2.05, 4.69) is 57.2 Å². The van der Waals surface area contributed by atoms with Gasteiger partial charge in [-0.1, -0.05) is 6.07 Å². The summed E-state index contributed by atoms with van der Waals surface area (Å²) >= 11 is 0. The first-order valence-corrected chi connectivity index (χ1v) is 7.40. The maximum Gasteiger partial charge on any atom is 0.141 e. The van der Waals surface area contributed by atoms with Gasteiger partial charge in [0, 0.05) is 19.7 Å². The van der Waals surface area contributed by atoms with Crippen LogP contribution >= 0.6 is 0 Å². The Hall–Kier alpha value is -1.26. The number of hydrogen-bond donors (Lipinski definition) is 1. The van der Waals surface area contributed by atoms with Gasteiger partial charge in [-0.05, 0) is 59.0 Å². The zero-order valence-corrected chi connectivity index (χ0v) is 14.5.